The molecule has 0 amide bonds. The predicted molar refractivity (Wildman–Crippen MR) is 64.3 cm³/mol. The molecule has 0 aromatic heterocycles. The van der Waals surface area contributed by atoms with Crippen molar-refractivity contribution in [3.63, 3.8) is 0 Å². The van der Waals surface area contributed by atoms with E-state index in [1.54, 1.807) is 0 Å². The Balaban J connectivity index is 3.15. The van der Waals surface area contributed by atoms with Crippen molar-refractivity contribution in [3.05, 3.63) is 34.3 Å². The van der Waals surface area contributed by atoms with E-state index < -0.39 is 11.7 Å². The van der Waals surface area contributed by atoms with E-state index >= 15 is 0 Å². The average molecular weight is 265 g/mol. The zero-order valence-electron chi connectivity index (χ0n) is 10.1. The minimum Gasteiger partial charge on any atom is -0.166 e. The van der Waals surface area contributed by atoms with Gasteiger partial charge in [-0.1, -0.05) is 38.8 Å². The fourth-order valence-electron chi connectivity index (χ4n) is 1.73. The zero-order chi connectivity index (χ0) is 13.2. The summed E-state index contributed by atoms with van der Waals surface area (Å²) in [6, 6.07) is 3.52. The van der Waals surface area contributed by atoms with Crippen LogP contribution in [0.15, 0.2) is 18.2 Å². The van der Waals surface area contributed by atoms with Crippen molar-refractivity contribution < 1.29 is 13.2 Å². The highest BCUT2D eigenvalue weighted by atomic mass is 35.5. The topological polar surface area (TPSA) is 0 Å². The third-order valence-electron chi connectivity index (χ3n) is 3.31. The van der Waals surface area contributed by atoms with Crippen molar-refractivity contribution in [1.29, 1.82) is 0 Å². The van der Waals surface area contributed by atoms with Gasteiger partial charge in [-0.05, 0) is 35.6 Å². The molecule has 0 saturated heterocycles. The van der Waals surface area contributed by atoms with Crippen LogP contribution in [0.25, 0.3) is 0 Å². The first kappa shape index (κ1) is 14.4. The van der Waals surface area contributed by atoms with Gasteiger partial charge in [0.1, 0.15) is 0 Å². The molecule has 0 fully saturated rings. The summed E-state index contributed by atoms with van der Waals surface area (Å²) in [6.45, 7) is 5.94. The van der Waals surface area contributed by atoms with Gasteiger partial charge in [0, 0.05) is 5.02 Å². The molecule has 1 rings (SSSR count). The van der Waals surface area contributed by atoms with Gasteiger partial charge in [-0.15, -0.1) is 0 Å². The summed E-state index contributed by atoms with van der Waals surface area (Å²) in [5, 5.41) is 0.408. The Hall–Kier alpha value is -0.700. The van der Waals surface area contributed by atoms with Gasteiger partial charge in [-0.25, -0.2) is 0 Å². The Morgan fingerprint density at radius 3 is 2.29 bits per heavy atom. The molecule has 1 aromatic rings. The third-order valence-corrected chi connectivity index (χ3v) is 3.66. The summed E-state index contributed by atoms with van der Waals surface area (Å²) in [5.74, 6) is 0.325. The largest absolute Gasteiger partial charge is 0.416 e. The molecule has 0 aliphatic heterocycles. The minimum absolute atomic E-state index is 0.0230. The van der Waals surface area contributed by atoms with Crippen molar-refractivity contribution in [1.82, 2.24) is 0 Å². The molecule has 1 aromatic carbocycles. The van der Waals surface area contributed by atoms with Gasteiger partial charge in [-0.2, -0.15) is 13.2 Å². The second kappa shape index (κ2) is 5.30. The van der Waals surface area contributed by atoms with Gasteiger partial charge in [0.05, 0.1) is 5.56 Å². The van der Waals surface area contributed by atoms with Crippen LogP contribution in [0.5, 0.6) is 0 Å². The molecule has 0 N–H and O–H groups in total. The molecule has 0 heterocycles. The Kier molecular flexibility index (Phi) is 4.48. The van der Waals surface area contributed by atoms with Gasteiger partial charge in [0.15, 0.2) is 0 Å². The van der Waals surface area contributed by atoms with Gasteiger partial charge in [0.2, 0.25) is 0 Å². The molecule has 96 valence electrons. The molecule has 0 radical (unpaired) electrons. The average Bonchev–Trinajstić information content (AvgIpc) is 2.26. The monoisotopic (exact) mass is 264 g/mol. The molecule has 0 spiro atoms. The minimum atomic E-state index is -4.31. The first-order valence-corrected chi connectivity index (χ1v) is 6.01. The van der Waals surface area contributed by atoms with E-state index in [2.05, 4.69) is 0 Å². The first-order chi connectivity index (χ1) is 7.77. The zero-order valence-corrected chi connectivity index (χ0v) is 10.9. The quantitative estimate of drug-likeness (QED) is 0.675. The molecule has 0 nitrogen and oxygen atoms in total. The summed E-state index contributed by atoms with van der Waals surface area (Å²) in [6.07, 6.45) is -3.40. The van der Waals surface area contributed by atoms with E-state index in [1.165, 1.54) is 12.1 Å². The second-order valence-electron chi connectivity index (χ2n) is 4.41. The van der Waals surface area contributed by atoms with Crippen LogP contribution in [0.1, 0.15) is 44.2 Å². The maximum atomic E-state index is 12.6. The Bertz CT molecular complexity index is 385. The van der Waals surface area contributed by atoms with Crippen molar-refractivity contribution in [2.24, 2.45) is 5.92 Å². The maximum absolute atomic E-state index is 12.6. The van der Waals surface area contributed by atoms with E-state index in [1.807, 2.05) is 20.8 Å². The van der Waals surface area contributed by atoms with Crippen LogP contribution in [0.2, 0.25) is 5.02 Å². The second-order valence-corrected chi connectivity index (χ2v) is 4.82. The number of hydrogen-bond donors (Lipinski definition) is 0. The fraction of sp³-hybridized carbons (Fsp3) is 0.538. The van der Waals surface area contributed by atoms with Gasteiger partial charge >= 0.3 is 6.18 Å². The van der Waals surface area contributed by atoms with Crippen molar-refractivity contribution >= 4 is 11.6 Å². The van der Waals surface area contributed by atoms with Crippen molar-refractivity contribution in [2.45, 2.75) is 39.3 Å². The van der Waals surface area contributed by atoms with Crippen molar-refractivity contribution in [3.8, 4) is 0 Å². The normalized spacial score (nSPS) is 15.7. The summed E-state index contributed by atoms with van der Waals surface area (Å²) in [7, 11) is 0. The van der Waals surface area contributed by atoms with Crippen LogP contribution in [0, 0.1) is 5.92 Å². The predicted octanol–water partition coefficient (Wildman–Crippen LogP) is 5.51. The molecular formula is C13H16ClF3. The number of rotatable bonds is 3. The molecule has 0 aliphatic rings. The van der Waals surface area contributed by atoms with Crippen molar-refractivity contribution in [2.75, 3.05) is 0 Å². The van der Waals surface area contributed by atoms with E-state index in [-0.39, 0.29) is 5.92 Å². The van der Waals surface area contributed by atoms with Crippen LogP contribution in [-0.4, -0.2) is 0 Å². The number of alkyl halides is 3. The highest BCUT2D eigenvalue weighted by molar-refractivity contribution is 6.31. The number of hydrogen-bond acceptors (Lipinski definition) is 0. The Morgan fingerprint density at radius 2 is 1.82 bits per heavy atom. The molecule has 0 saturated carbocycles. The molecule has 2 atom stereocenters. The SMILES string of the molecule is CCC(C)C(C)c1cc(C(F)(F)F)ccc1Cl. The van der Waals surface area contributed by atoms with E-state index in [0.29, 0.717) is 16.5 Å². The van der Waals surface area contributed by atoms with Crippen LogP contribution < -0.4 is 0 Å². The van der Waals surface area contributed by atoms with Crippen LogP contribution in [-0.2, 0) is 6.18 Å². The number of benzene rings is 1. The first-order valence-electron chi connectivity index (χ1n) is 5.64. The third kappa shape index (κ3) is 3.38. The summed E-state index contributed by atoms with van der Waals surface area (Å²) < 4.78 is 37.8. The van der Waals surface area contributed by atoms with E-state index in [0.717, 1.165) is 12.5 Å². The highest BCUT2D eigenvalue weighted by Gasteiger charge is 2.31. The molecule has 0 aliphatic carbocycles. The lowest BCUT2D eigenvalue weighted by Gasteiger charge is -2.21. The maximum Gasteiger partial charge on any atom is 0.416 e. The molecule has 17 heavy (non-hydrogen) atoms. The Morgan fingerprint density at radius 1 is 1.24 bits per heavy atom. The number of halogens is 4. The van der Waals surface area contributed by atoms with Gasteiger partial charge in [0.25, 0.3) is 0 Å². The van der Waals surface area contributed by atoms with Crippen LogP contribution in [0.3, 0.4) is 0 Å². The van der Waals surface area contributed by atoms with E-state index in [4.69, 9.17) is 11.6 Å². The molecule has 4 heteroatoms. The fourth-order valence-corrected chi connectivity index (χ4v) is 2.02. The highest BCUT2D eigenvalue weighted by Crippen LogP contribution is 2.36. The lowest BCUT2D eigenvalue weighted by molar-refractivity contribution is -0.137. The molecular weight excluding hydrogens is 249 g/mol. The summed E-state index contributed by atoms with van der Waals surface area (Å²) in [4.78, 5) is 0. The molecule has 2 unspecified atom stereocenters. The van der Waals surface area contributed by atoms with E-state index in [9.17, 15) is 13.2 Å². The standard InChI is InChI=1S/C13H16ClF3/c1-4-8(2)9(3)11-7-10(13(15,16)17)5-6-12(11)14/h5-9H,4H2,1-3H3. The van der Waals surface area contributed by atoms with Crippen LogP contribution >= 0.6 is 11.6 Å². The van der Waals surface area contributed by atoms with Crippen LogP contribution in [0.4, 0.5) is 13.2 Å². The van der Waals surface area contributed by atoms with Gasteiger partial charge < -0.3 is 0 Å². The lowest BCUT2D eigenvalue weighted by Crippen LogP contribution is -2.10. The summed E-state index contributed by atoms with van der Waals surface area (Å²) >= 11 is 5.97. The lowest BCUT2D eigenvalue weighted by atomic mass is 9.86. The Labute approximate surface area is 105 Å². The smallest absolute Gasteiger partial charge is 0.166 e. The van der Waals surface area contributed by atoms with Gasteiger partial charge in [-0.3, -0.25) is 0 Å². The summed E-state index contributed by atoms with van der Waals surface area (Å²) in [5.41, 5.74) is -0.0529. The molecule has 0 bridgehead atoms.